The van der Waals surface area contributed by atoms with E-state index < -0.39 is 5.97 Å². The Morgan fingerprint density at radius 2 is 2.45 bits per heavy atom. The van der Waals surface area contributed by atoms with Crippen LogP contribution in [0.2, 0.25) is 0 Å². The fraction of sp³-hybridized carbons (Fsp3) is 0.167. The van der Waals surface area contributed by atoms with Crippen LogP contribution >= 0.6 is 11.5 Å². The molecule has 1 aromatic carbocycles. The number of aromatic hydroxyl groups is 1. The van der Waals surface area contributed by atoms with Crippen molar-refractivity contribution in [2.75, 3.05) is 12.0 Å². The summed E-state index contributed by atoms with van der Waals surface area (Å²) in [7, 11) is 0. The molecule has 0 spiro atoms. The van der Waals surface area contributed by atoms with E-state index in [1.54, 1.807) is 31.2 Å². The van der Waals surface area contributed by atoms with Crippen LogP contribution in [0.25, 0.3) is 0 Å². The lowest BCUT2D eigenvalue weighted by molar-refractivity contribution is 0.0520. The molecule has 0 saturated carbocycles. The van der Waals surface area contributed by atoms with Crippen molar-refractivity contribution in [2.24, 2.45) is 5.10 Å². The topological polar surface area (TPSA) is 96.7 Å². The number of carbonyl (C=O) groups is 1. The molecule has 0 aliphatic carbocycles. The second kappa shape index (κ2) is 6.62. The van der Waals surface area contributed by atoms with E-state index in [4.69, 9.17) is 4.74 Å². The Morgan fingerprint density at radius 3 is 3.20 bits per heavy atom. The number of nitrogens with one attached hydrogen (secondary N) is 1. The number of esters is 1. The molecule has 0 saturated heterocycles. The maximum Gasteiger partial charge on any atom is 0.362 e. The lowest BCUT2D eigenvalue weighted by Crippen LogP contribution is -2.07. The normalized spacial score (nSPS) is 10.7. The summed E-state index contributed by atoms with van der Waals surface area (Å²) in [4.78, 5) is 11.6. The monoisotopic (exact) mass is 292 g/mol. The van der Waals surface area contributed by atoms with Gasteiger partial charge in [-0.2, -0.15) is 5.10 Å². The van der Waals surface area contributed by atoms with Gasteiger partial charge in [0.15, 0.2) is 5.00 Å². The number of phenolic OH excluding ortho intramolecular Hbond substituents is 1. The van der Waals surface area contributed by atoms with E-state index >= 15 is 0 Å². The van der Waals surface area contributed by atoms with Crippen LogP contribution < -0.4 is 5.43 Å². The van der Waals surface area contributed by atoms with Crippen LogP contribution in [-0.2, 0) is 4.74 Å². The number of anilines is 1. The number of ether oxygens (including phenoxy) is 1. The number of phenols is 1. The summed E-state index contributed by atoms with van der Waals surface area (Å²) in [5, 5.41) is 17.4. The molecule has 0 atom stereocenters. The Morgan fingerprint density at radius 1 is 1.60 bits per heavy atom. The molecule has 2 aromatic rings. The highest BCUT2D eigenvalue weighted by Gasteiger charge is 2.17. The molecule has 104 valence electrons. The van der Waals surface area contributed by atoms with Gasteiger partial charge in [0.2, 0.25) is 5.69 Å². The van der Waals surface area contributed by atoms with E-state index in [9.17, 15) is 9.90 Å². The van der Waals surface area contributed by atoms with Crippen molar-refractivity contribution in [3.05, 3.63) is 35.5 Å². The number of rotatable bonds is 5. The van der Waals surface area contributed by atoms with E-state index in [0.717, 1.165) is 11.5 Å². The van der Waals surface area contributed by atoms with E-state index in [-0.39, 0.29) is 18.1 Å². The van der Waals surface area contributed by atoms with E-state index in [0.29, 0.717) is 10.6 Å². The first-order valence-electron chi connectivity index (χ1n) is 5.78. The highest BCUT2D eigenvalue weighted by atomic mass is 32.1. The third-order valence-corrected chi connectivity index (χ3v) is 2.84. The predicted molar refractivity (Wildman–Crippen MR) is 75.2 cm³/mol. The first-order chi connectivity index (χ1) is 9.70. The summed E-state index contributed by atoms with van der Waals surface area (Å²) < 4.78 is 8.53. The molecule has 0 bridgehead atoms. The smallest absolute Gasteiger partial charge is 0.362 e. The molecule has 0 aliphatic heterocycles. The van der Waals surface area contributed by atoms with E-state index in [2.05, 4.69) is 20.1 Å². The number of hydrogen-bond donors (Lipinski definition) is 2. The van der Waals surface area contributed by atoms with Crippen molar-refractivity contribution in [3.8, 4) is 5.75 Å². The Labute approximate surface area is 119 Å². The number of hydrogen-bond acceptors (Lipinski definition) is 8. The zero-order valence-corrected chi connectivity index (χ0v) is 11.4. The van der Waals surface area contributed by atoms with Crippen LogP contribution in [0.3, 0.4) is 0 Å². The molecule has 20 heavy (non-hydrogen) atoms. The number of carbonyl (C=O) groups excluding carboxylic acids is 1. The van der Waals surface area contributed by atoms with E-state index in [1.165, 1.54) is 6.21 Å². The average Bonchev–Trinajstić information content (AvgIpc) is 2.87. The third kappa shape index (κ3) is 3.51. The minimum atomic E-state index is -0.545. The van der Waals surface area contributed by atoms with Crippen molar-refractivity contribution in [1.82, 2.24) is 9.59 Å². The molecule has 0 amide bonds. The second-order valence-electron chi connectivity index (χ2n) is 3.64. The molecular weight excluding hydrogens is 280 g/mol. The summed E-state index contributed by atoms with van der Waals surface area (Å²) in [5.41, 5.74) is 3.50. The summed E-state index contributed by atoms with van der Waals surface area (Å²) in [6.45, 7) is 1.98. The lowest BCUT2D eigenvalue weighted by Gasteiger charge is -2.00. The fourth-order valence-electron chi connectivity index (χ4n) is 1.37. The number of aromatic nitrogens is 2. The van der Waals surface area contributed by atoms with Gasteiger partial charge >= 0.3 is 5.97 Å². The van der Waals surface area contributed by atoms with Gasteiger partial charge in [0, 0.05) is 11.5 Å². The molecule has 0 radical (unpaired) electrons. The molecule has 1 aromatic heterocycles. The molecule has 0 aliphatic rings. The first kappa shape index (κ1) is 13.9. The maximum absolute atomic E-state index is 11.6. The van der Waals surface area contributed by atoms with Crippen LogP contribution in [0.4, 0.5) is 5.00 Å². The van der Waals surface area contributed by atoms with Crippen LogP contribution in [0.1, 0.15) is 23.0 Å². The highest BCUT2D eigenvalue weighted by Crippen LogP contribution is 2.18. The van der Waals surface area contributed by atoms with Gasteiger partial charge in [-0.15, -0.1) is 5.10 Å². The molecule has 8 heteroatoms. The van der Waals surface area contributed by atoms with Crippen molar-refractivity contribution >= 4 is 28.7 Å². The largest absolute Gasteiger partial charge is 0.508 e. The summed E-state index contributed by atoms with van der Waals surface area (Å²) >= 11 is 1.01. The van der Waals surface area contributed by atoms with Crippen molar-refractivity contribution in [3.63, 3.8) is 0 Å². The minimum Gasteiger partial charge on any atom is -0.508 e. The van der Waals surface area contributed by atoms with Crippen LogP contribution in [0.5, 0.6) is 5.75 Å². The SMILES string of the molecule is CCOC(=O)c1nnsc1NN=Cc1cccc(O)c1. The van der Waals surface area contributed by atoms with Gasteiger partial charge in [0.1, 0.15) is 5.75 Å². The Kier molecular flexibility index (Phi) is 4.61. The van der Waals surface area contributed by atoms with Crippen molar-refractivity contribution < 1.29 is 14.6 Å². The zero-order chi connectivity index (χ0) is 14.4. The van der Waals surface area contributed by atoms with Gasteiger partial charge in [-0.3, -0.25) is 5.43 Å². The summed E-state index contributed by atoms with van der Waals surface area (Å²) in [6.07, 6.45) is 1.51. The summed E-state index contributed by atoms with van der Waals surface area (Å²) in [6, 6.07) is 6.61. The molecule has 2 N–H and O–H groups in total. The first-order valence-corrected chi connectivity index (χ1v) is 6.55. The zero-order valence-electron chi connectivity index (χ0n) is 10.6. The standard InChI is InChI=1S/C12H12N4O3S/c1-2-19-12(18)10-11(20-16-14-10)15-13-7-8-4-3-5-9(17)6-8/h3-7,15,17H,2H2,1H3. The van der Waals surface area contributed by atoms with Crippen molar-refractivity contribution in [2.45, 2.75) is 6.92 Å². The molecule has 0 unspecified atom stereocenters. The number of hydrazone groups is 1. The minimum absolute atomic E-state index is 0.102. The fourth-order valence-corrected chi connectivity index (χ4v) is 1.88. The Hall–Kier alpha value is -2.48. The summed E-state index contributed by atoms with van der Waals surface area (Å²) in [5.74, 6) is -0.392. The van der Waals surface area contributed by atoms with Crippen LogP contribution in [0.15, 0.2) is 29.4 Å². The second-order valence-corrected chi connectivity index (χ2v) is 4.39. The Bertz CT molecular complexity index is 627. The Balaban J connectivity index is 2.04. The average molecular weight is 292 g/mol. The van der Waals surface area contributed by atoms with Crippen LogP contribution in [0, 0.1) is 0 Å². The maximum atomic E-state index is 11.6. The van der Waals surface area contributed by atoms with Crippen molar-refractivity contribution in [1.29, 1.82) is 0 Å². The van der Waals surface area contributed by atoms with Gasteiger partial charge in [-0.1, -0.05) is 16.6 Å². The number of benzene rings is 1. The third-order valence-electron chi connectivity index (χ3n) is 2.21. The molecule has 1 heterocycles. The van der Waals surface area contributed by atoms with Gasteiger partial charge in [0.25, 0.3) is 0 Å². The number of nitrogens with zero attached hydrogens (tertiary/aromatic N) is 3. The van der Waals surface area contributed by atoms with E-state index in [1.807, 2.05) is 0 Å². The van der Waals surface area contributed by atoms with Gasteiger partial charge in [0.05, 0.1) is 12.8 Å². The molecular formula is C12H12N4O3S. The molecule has 2 rings (SSSR count). The molecule has 0 fully saturated rings. The van der Waals surface area contributed by atoms with Gasteiger partial charge in [-0.05, 0) is 24.6 Å². The highest BCUT2D eigenvalue weighted by molar-refractivity contribution is 7.10. The predicted octanol–water partition coefficient (Wildman–Crippen LogP) is 1.87. The van der Waals surface area contributed by atoms with Gasteiger partial charge in [-0.25, -0.2) is 4.79 Å². The van der Waals surface area contributed by atoms with Gasteiger partial charge < -0.3 is 9.84 Å². The quantitative estimate of drug-likeness (QED) is 0.496. The lowest BCUT2D eigenvalue weighted by atomic mass is 10.2. The van der Waals surface area contributed by atoms with Crippen LogP contribution in [-0.4, -0.2) is 33.5 Å². The molecule has 7 nitrogen and oxygen atoms in total.